The van der Waals surface area contributed by atoms with Gasteiger partial charge in [0.05, 0.1) is 0 Å². The van der Waals surface area contributed by atoms with E-state index in [9.17, 15) is 4.39 Å². The third-order valence-electron chi connectivity index (χ3n) is 2.34. The summed E-state index contributed by atoms with van der Waals surface area (Å²) in [6.07, 6.45) is 1.42. The molecule has 0 aliphatic heterocycles. The highest BCUT2D eigenvalue weighted by Gasteiger charge is 2.04. The Balaban J connectivity index is 2.11. The van der Waals surface area contributed by atoms with Crippen LogP contribution in [0.5, 0.6) is 0 Å². The van der Waals surface area contributed by atoms with E-state index in [-0.39, 0.29) is 5.82 Å². The normalized spacial score (nSPS) is 10.3. The molecule has 0 saturated heterocycles. The first kappa shape index (κ1) is 11.8. The van der Waals surface area contributed by atoms with Gasteiger partial charge in [-0.2, -0.15) is 0 Å². The molecule has 5 heteroatoms. The number of rotatable bonds is 3. The van der Waals surface area contributed by atoms with Crippen molar-refractivity contribution >= 4 is 17.4 Å². The van der Waals surface area contributed by atoms with Crippen molar-refractivity contribution in [3.05, 3.63) is 53.2 Å². The average molecular weight is 252 g/mol. The fourth-order valence-corrected chi connectivity index (χ4v) is 1.62. The predicted molar refractivity (Wildman–Crippen MR) is 65.5 cm³/mol. The van der Waals surface area contributed by atoms with Gasteiger partial charge in [-0.1, -0.05) is 23.7 Å². The molecule has 0 bridgehead atoms. The lowest BCUT2D eigenvalue weighted by atomic mass is 10.2. The number of hydrogen-bond donors (Lipinski definition) is 0. The molecule has 0 atom stereocenters. The topological polar surface area (TPSA) is 29.0 Å². The number of aromatic nitrogens is 2. The molecule has 1 aromatic carbocycles. The van der Waals surface area contributed by atoms with Crippen LogP contribution in [0.3, 0.4) is 0 Å². The molecule has 3 nitrogen and oxygen atoms in total. The van der Waals surface area contributed by atoms with Gasteiger partial charge in [0.1, 0.15) is 23.1 Å². The van der Waals surface area contributed by atoms with Gasteiger partial charge in [0, 0.05) is 19.7 Å². The zero-order valence-electron chi connectivity index (χ0n) is 9.27. The minimum Gasteiger partial charge on any atom is -0.355 e. The first-order valence-corrected chi connectivity index (χ1v) is 5.46. The lowest BCUT2D eigenvalue weighted by molar-refractivity contribution is 0.627. The summed E-state index contributed by atoms with van der Waals surface area (Å²) in [5.41, 5.74) is 1.00. The van der Waals surface area contributed by atoms with Gasteiger partial charge in [-0.25, -0.2) is 14.4 Å². The number of nitrogens with zero attached hydrogens (tertiary/aromatic N) is 3. The molecule has 2 rings (SSSR count). The van der Waals surface area contributed by atoms with Crippen LogP contribution >= 0.6 is 11.6 Å². The quantitative estimate of drug-likeness (QED) is 0.786. The molecule has 88 valence electrons. The van der Waals surface area contributed by atoms with Crippen LogP contribution in [0.15, 0.2) is 36.7 Å². The van der Waals surface area contributed by atoms with Crippen LogP contribution < -0.4 is 4.90 Å². The van der Waals surface area contributed by atoms with Crippen molar-refractivity contribution in [1.29, 1.82) is 0 Å². The van der Waals surface area contributed by atoms with Gasteiger partial charge >= 0.3 is 0 Å². The van der Waals surface area contributed by atoms with Gasteiger partial charge in [0.2, 0.25) is 0 Å². The maximum Gasteiger partial charge on any atom is 0.134 e. The lowest BCUT2D eigenvalue weighted by Crippen LogP contribution is -2.17. The number of anilines is 1. The van der Waals surface area contributed by atoms with Gasteiger partial charge in [-0.3, -0.25) is 0 Å². The van der Waals surface area contributed by atoms with E-state index >= 15 is 0 Å². The van der Waals surface area contributed by atoms with Gasteiger partial charge in [0.15, 0.2) is 0 Å². The van der Waals surface area contributed by atoms with Crippen molar-refractivity contribution in [3.63, 3.8) is 0 Å². The van der Waals surface area contributed by atoms with Crippen molar-refractivity contribution in [2.45, 2.75) is 6.54 Å². The van der Waals surface area contributed by atoms with Crippen molar-refractivity contribution in [2.75, 3.05) is 11.9 Å². The Hall–Kier alpha value is -1.68. The van der Waals surface area contributed by atoms with Crippen LogP contribution in [-0.2, 0) is 6.54 Å². The summed E-state index contributed by atoms with van der Waals surface area (Å²) in [6, 6.07) is 8.06. The number of halogens is 2. The maximum absolute atomic E-state index is 12.7. The van der Waals surface area contributed by atoms with E-state index in [1.165, 1.54) is 18.5 Å². The summed E-state index contributed by atoms with van der Waals surface area (Å²) in [7, 11) is 1.89. The van der Waals surface area contributed by atoms with Crippen molar-refractivity contribution in [2.24, 2.45) is 0 Å². The first-order chi connectivity index (χ1) is 8.15. The highest BCUT2D eigenvalue weighted by molar-refractivity contribution is 6.29. The Morgan fingerprint density at radius 2 is 1.94 bits per heavy atom. The monoisotopic (exact) mass is 251 g/mol. The highest BCUT2D eigenvalue weighted by Crippen LogP contribution is 2.15. The van der Waals surface area contributed by atoms with Crippen molar-refractivity contribution in [1.82, 2.24) is 9.97 Å². The Labute approximate surface area is 104 Å². The zero-order valence-corrected chi connectivity index (χ0v) is 10.0. The first-order valence-electron chi connectivity index (χ1n) is 5.08. The Kier molecular flexibility index (Phi) is 3.54. The minimum atomic E-state index is -0.235. The summed E-state index contributed by atoms with van der Waals surface area (Å²) in [5.74, 6) is 0.496. The van der Waals surface area contributed by atoms with E-state index in [4.69, 9.17) is 11.6 Å². The number of benzene rings is 1. The van der Waals surface area contributed by atoms with Crippen LogP contribution in [0.25, 0.3) is 0 Å². The predicted octanol–water partition coefficient (Wildman–Crippen LogP) is 2.91. The molecule has 0 aliphatic carbocycles. The van der Waals surface area contributed by atoms with E-state index in [0.717, 1.165) is 11.4 Å². The minimum absolute atomic E-state index is 0.235. The third kappa shape index (κ3) is 3.14. The second kappa shape index (κ2) is 5.10. The molecule has 2 aromatic rings. The summed E-state index contributed by atoms with van der Waals surface area (Å²) < 4.78 is 12.7. The Morgan fingerprint density at radius 3 is 2.59 bits per heavy atom. The molecule has 0 unspecified atom stereocenters. The summed E-state index contributed by atoms with van der Waals surface area (Å²) in [4.78, 5) is 9.85. The Bertz CT molecular complexity index is 501. The molecular formula is C12H11ClFN3. The van der Waals surface area contributed by atoms with E-state index in [1.807, 2.05) is 11.9 Å². The third-order valence-corrected chi connectivity index (χ3v) is 2.55. The van der Waals surface area contributed by atoms with Gasteiger partial charge in [-0.15, -0.1) is 0 Å². The van der Waals surface area contributed by atoms with E-state index < -0.39 is 0 Å². The smallest absolute Gasteiger partial charge is 0.134 e. The van der Waals surface area contributed by atoms with E-state index in [0.29, 0.717) is 11.7 Å². The molecule has 1 heterocycles. The molecule has 0 aliphatic rings. The Morgan fingerprint density at radius 1 is 1.24 bits per heavy atom. The molecule has 0 N–H and O–H groups in total. The van der Waals surface area contributed by atoms with Gasteiger partial charge in [-0.05, 0) is 17.7 Å². The van der Waals surface area contributed by atoms with Gasteiger partial charge < -0.3 is 4.90 Å². The second-order valence-corrected chi connectivity index (χ2v) is 4.07. The largest absolute Gasteiger partial charge is 0.355 e. The van der Waals surface area contributed by atoms with E-state index in [2.05, 4.69) is 9.97 Å². The molecule has 0 fully saturated rings. The van der Waals surface area contributed by atoms with Gasteiger partial charge in [0.25, 0.3) is 0 Å². The molecule has 0 spiro atoms. The molecular weight excluding hydrogens is 241 g/mol. The van der Waals surface area contributed by atoms with Crippen molar-refractivity contribution in [3.8, 4) is 0 Å². The summed E-state index contributed by atoms with van der Waals surface area (Å²) in [5, 5.41) is 0.404. The molecule has 17 heavy (non-hydrogen) atoms. The molecule has 0 radical (unpaired) electrons. The second-order valence-electron chi connectivity index (χ2n) is 3.68. The van der Waals surface area contributed by atoms with E-state index in [1.54, 1.807) is 18.2 Å². The summed E-state index contributed by atoms with van der Waals surface area (Å²) in [6.45, 7) is 0.633. The number of hydrogen-bond acceptors (Lipinski definition) is 3. The molecule has 0 saturated carbocycles. The van der Waals surface area contributed by atoms with Crippen molar-refractivity contribution < 1.29 is 4.39 Å². The van der Waals surface area contributed by atoms with Crippen LogP contribution in [0.1, 0.15) is 5.56 Å². The van der Waals surface area contributed by atoms with Crippen LogP contribution in [0, 0.1) is 5.82 Å². The van der Waals surface area contributed by atoms with Crippen LogP contribution in [-0.4, -0.2) is 17.0 Å². The van der Waals surface area contributed by atoms with Crippen LogP contribution in [0.2, 0.25) is 5.15 Å². The fraction of sp³-hybridized carbons (Fsp3) is 0.167. The fourth-order valence-electron chi connectivity index (χ4n) is 1.48. The highest BCUT2D eigenvalue weighted by atomic mass is 35.5. The molecule has 1 aromatic heterocycles. The zero-order chi connectivity index (χ0) is 12.3. The van der Waals surface area contributed by atoms with Crippen LogP contribution in [0.4, 0.5) is 10.2 Å². The summed E-state index contributed by atoms with van der Waals surface area (Å²) >= 11 is 5.79. The SMILES string of the molecule is CN(Cc1ccc(F)cc1)c1cc(Cl)ncn1. The molecule has 0 amide bonds. The standard InChI is InChI=1S/C12H11ClFN3/c1-17(12-6-11(13)15-8-16-12)7-9-2-4-10(14)5-3-9/h2-6,8H,7H2,1H3. The average Bonchev–Trinajstić information content (AvgIpc) is 2.32. The maximum atomic E-state index is 12.7. The lowest BCUT2D eigenvalue weighted by Gasteiger charge is -2.17.